The fourth-order valence-electron chi connectivity index (χ4n) is 3.32. The summed E-state index contributed by atoms with van der Waals surface area (Å²) in [6.45, 7) is 5.24. The third-order valence-electron chi connectivity index (χ3n) is 4.69. The first-order valence-corrected chi connectivity index (χ1v) is 9.12. The third kappa shape index (κ3) is 3.64. The summed E-state index contributed by atoms with van der Waals surface area (Å²) in [7, 11) is 0. The van der Waals surface area contributed by atoms with Crippen molar-refractivity contribution in [3.05, 3.63) is 42.0 Å². The molecule has 28 heavy (non-hydrogen) atoms. The molecule has 0 saturated carbocycles. The number of nitrogens with zero attached hydrogens (tertiary/aromatic N) is 2. The largest absolute Gasteiger partial charge is 0.492 e. The topological polar surface area (TPSA) is 50.4 Å². The second kappa shape index (κ2) is 7.35. The maximum Gasteiger partial charge on any atom is 0.416 e. The third-order valence-corrected chi connectivity index (χ3v) is 4.69. The minimum atomic E-state index is -4.39. The van der Waals surface area contributed by atoms with Gasteiger partial charge in [-0.3, -0.25) is 0 Å². The molecule has 1 fully saturated rings. The second-order valence-electron chi connectivity index (χ2n) is 6.53. The van der Waals surface area contributed by atoms with Gasteiger partial charge in [-0.25, -0.2) is 4.98 Å². The number of rotatable bonds is 4. The number of fused-ring (bicyclic) bond motifs is 1. The highest BCUT2D eigenvalue weighted by Gasteiger charge is 2.30. The summed E-state index contributed by atoms with van der Waals surface area (Å²) in [5.74, 6) is 1.29. The Hall–Kier alpha value is -2.74. The van der Waals surface area contributed by atoms with Crippen molar-refractivity contribution < 1.29 is 22.6 Å². The van der Waals surface area contributed by atoms with E-state index in [0.717, 1.165) is 42.2 Å². The van der Waals surface area contributed by atoms with Crippen molar-refractivity contribution in [3.63, 3.8) is 0 Å². The molecule has 5 nitrogen and oxygen atoms in total. The van der Waals surface area contributed by atoms with Gasteiger partial charge < -0.3 is 19.4 Å². The van der Waals surface area contributed by atoms with Crippen LogP contribution in [-0.2, 0) is 10.9 Å². The highest BCUT2D eigenvalue weighted by Crippen LogP contribution is 2.35. The molecule has 0 spiro atoms. The zero-order chi connectivity index (χ0) is 19.7. The van der Waals surface area contributed by atoms with Gasteiger partial charge in [-0.15, -0.1) is 0 Å². The summed E-state index contributed by atoms with van der Waals surface area (Å²) >= 11 is 0. The quantitative estimate of drug-likeness (QED) is 0.712. The van der Waals surface area contributed by atoms with Gasteiger partial charge >= 0.3 is 6.18 Å². The number of benzene rings is 2. The lowest BCUT2D eigenvalue weighted by Crippen LogP contribution is -2.36. The first-order chi connectivity index (χ1) is 13.5. The average Bonchev–Trinajstić information content (AvgIpc) is 3.12. The van der Waals surface area contributed by atoms with E-state index >= 15 is 0 Å². The fraction of sp³-hybridized carbons (Fsp3) is 0.350. The van der Waals surface area contributed by atoms with Crippen molar-refractivity contribution in [2.45, 2.75) is 13.1 Å². The smallest absolute Gasteiger partial charge is 0.416 e. The summed E-state index contributed by atoms with van der Waals surface area (Å²) in [6, 6.07) is 9.21. The van der Waals surface area contributed by atoms with Crippen molar-refractivity contribution in [2.24, 2.45) is 0 Å². The fourth-order valence-corrected chi connectivity index (χ4v) is 3.32. The summed E-state index contributed by atoms with van der Waals surface area (Å²) in [4.78, 5) is 9.65. The zero-order valence-corrected chi connectivity index (χ0v) is 15.3. The van der Waals surface area contributed by atoms with Crippen LogP contribution in [0.1, 0.15) is 12.5 Å². The second-order valence-corrected chi connectivity index (χ2v) is 6.53. The Morgan fingerprint density at radius 3 is 2.64 bits per heavy atom. The molecule has 2 aromatic carbocycles. The molecule has 0 bridgehead atoms. The predicted molar refractivity (Wildman–Crippen MR) is 101 cm³/mol. The van der Waals surface area contributed by atoms with Crippen LogP contribution in [0.25, 0.3) is 22.4 Å². The minimum Gasteiger partial charge on any atom is -0.492 e. The van der Waals surface area contributed by atoms with Crippen LogP contribution in [0.15, 0.2) is 36.4 Å². The number of halogens is 3. The number of hydrogen-bond acceptors (Lipinski definition) is 4. The Kier molecular flexibility index (Phi) is 4.89. The Morgan fingerprint density at radius 2 is 1.93 bits per heavy atom. The number of ether oxygens (including phenoxy) is 2. The van der Waals surface area contributed by atoms with Crippen molar-refractivity contribution in [1.29, 1.82) is 0 Å². The number of hydrogen-bond donors (Lipinski definition) is 1. The average molecular weight is 391 g/mol. The Morgan fingerprint density at radius 1 is 1.14 bits per heavy atom. The van der Waals surface area contributed by atoms with Gasteiger partial charge in [0.1, 0.15) is 11.6 Å². The van der Waals surface area contributed by atoms with Gasteiger partial charge in [-0.1, -0.05) is 0 Å². The lowest BCUT2D eigenvalue weighted by Gasteiger charge is -2.30. The first-order valence-electron chi connectivity index (χ1n) is 9.12. The molecule has 0 radical (unpaired) electrons. The molecular weight excluding hydrogens is 371 g/mol. The maximum atomic E-state index is 13.0. The Bertz CT molecular complexity index is 978. The van der Waals surface area contributed by atoms with Crippen LogP contribution in [0.2, 0.25) is 0 Å². The molecule has 1 aliphatic heterocycles. The van der Waals surface area contributed by atoms with Crippen molar-refractivity contribution in [3.8, 4) is 17.1 Å². The van der Waals surface area contributed by atoms with Gasteiger partial charge in [0.15, 0.2) is 0 Å². The molecule has 0 amide bonds. The number of nitrogens with one attached hydrogen (secondary N) is 1. The molecule has 0 atom stereocenters. The lowest BCUT2D eigenvalue weighted by molar-refractivity contribution is -0.137. The highest BCUT2D eigenvalue weighted by molar-refractivity contribution is 5.81. The van der Waals surface area contributed by atoms with E-state index in [1.54, 1.807) is 0 Å². The predicted octanol–water partition coefficient (Wildman–Crippen LogP) is 4.48. The number of anilines is 1. The van der Waals surface area contributed by atoms with E-state index in [1.165, 1.54) is 6.07 Å². The lowest BCUT2D eigenvalue weighted by atomic mass is 10.1. The molecule has 0 aliphatic carbocycles. The maximum absolute atomic E-state index is 13.0. The molecule has 8 heteroatoms. The van der Waals surface area contributed by atoms with Gasteiger partial charge in [0.2, 0.25) is 0 Å². The van der Waals surface area contributed by atoms with Crippen LogP contribution in [0.3, 0.4) is 0 Å². The standard InChI is InChI=1S/C20H20F3N3O2/c1-2-28-18-6-3-13(11-17(18)26-7-9-27-10-8-26)19-24-15-5-4-14(20(21,22)23)12-16(15)25-19/h3-6,11-12H,2,7-10H2,1H3,(H,24,25). The van der Waals surface area contributed by atoms with Crippen molar-refractivity contribution in [2.75, 3.05) is 37.8 Å². The van der Waals surface area contributed by atoms with Crippen molar-refractivity contribution in [1.82, 2.24) is 9.97 Å². The van der Waals surface area contributed by atoms with E-state index in [9.17, 15) is 13.2 Å². The molecule has 3 aromatic rings. The highest BCUT2D eigenvalue weighted by atomic mass is 19.4. The zero-order valence-electron chi connectivity index (χ0n) is 15.3. The number of aromatic nitrogens is 2. The molecule has 0 unspecified atom stereocenters. The molecule has 1 aromatic heterocycles. The molecule has 1 N–H and O–H groups in total. The van der Waals surface area contributed by atoms with E-state index in [2.05, 4.69) is 14.9 Å². The van der Waals surface area contributed by atoms with Crippen LogP contribution in [0.5, 0.6) is 5.75 Å². The van der Waals surface area contributed by atoms with Gasteiger partial charge in [-0.05, 0) is 43.3 Å². The normalized spacial score (nSPS) is 15.2. The summed E-state index contributed by atoms with van der Waals surface area (Å²) in [5, 5.41) is 0. The molecule has 2 heterocycles. The van der Waals surface area contributed by atoms with Gasteiger partial charge in [-0.2, -0.15) is 13.2 Å². The molecule has 1 aliphatic rings. The van der Waals surface area contributed by atoms with Gasteiger partial charge in [0, 0.05) is 18.7 Å². The van der Waals surface area contributed by atoms with Crippen molar-refractivity contribution >= 4 is 16.7 Å². The molecule has 148 valence electrons. The van der Waals surface area contributed by atoms with Crippen LogP contribution in [0, 0.1) is 0 Å². The number of aromatic amines is 1. The van der Waals surface area contributed by atoms with E-state index in [-0.39, 0.29) is 0 Å². The summed E-state index contributed by atoms with van der Waals surface area (Å²) in [5.41, 5.74) is 1.86. The van der Waals surface area contributed by atoms with E-state index in [4.69, 9.17) is 9.47 Å². The number of morpholine rings is 1. The molecular formula is C20H20F3N3O2. The molecule has 4 rings (SSSR count). The van der Waals surface area contributed by atoms with Gasteiger partial charge in [0.25, 0.3) is 0 Å². The number of imidazole rings is 1. The van der Waals surface area contributed by atoms with Crippen LogP contribution >= 0.6 is 0 Å². The Labute approximate surface area is 160 Å². The van der Waals surface area contributed by atoms with Crippen LogP contribution in [0.4, 0.5) is 18.9 Å². The SMILES string of the molecule is CCOc1ccc(-c2nc3ccc(C(F)(F)F)cc3[nH]2)cc1N1CCOCC1. The summed E-state index contributed by atoms with van der Waals surface area (Å²) in [6.07, 6.45) is -4.39. The number of H-pyrrole nitrogens is 1. The van der Waals surface area contributed by atoms with Crippen LogP contribution in [-0.4, -0.2) is 42.9 Å². The van der Waals surface area contributed by atoms with E-state index in [1.807, 2.05) is 25.1 Å². The molecule has 1 saturated heterocycles. The first kappa shape index (κ1) is 18.6. The Balaban J connectivity index is 1.73. The minimum absolute atomic E-state index is 0.353. The van der Waals surface area contributed by atoms with E-state index < -0.39 is 11.7 Å². The summed E-state index contributed by atoms with van der Waals surface area (Å²) < 4.78 is 50.0. The van der Waals surface area contributed by atoms with Crippen LogP contribution < -0.4 is 9.64 Å². The van der Waals surface area contributed by atoms with Gasteiger partial charge in [0.05, 0.1) is 42.1 Å². The van der Waals surface area contributed by atoms with E-state index in [0.29, 0.717) is 36.7 Å². The monoisotopic (exact) mass is 391 g/mol. The number of alkyl halides is 3.